The molecule has 2 N–H and O–H groups in total. The van der Waals surface area contributed by atoms with Gasteiger partial charge in [-0.3, -0.25) is 0 Å². The van der Waals surface area contributed by atoms with E-state index in [1.54, 1.807) is 12.1 Å². The largest absolute Gasteiger partial charge is 0.445 e. The van der Waals surface area contributed by atoms with Crippen LogP contribution in [-0.2, 0) is 16.9 Å². The van der Waals surface area contributed by atoms with Crippen molar-refractivity contribution in [1.82, 2.24) is 4.90 Å². The highest BCUT2D eigenvalue weighted by Gasteiger charge is 2.43. The minimum Gasteiger partial charge on any atom is -0.445 e. The number of rotatable bonds is 3. The van der Waals surface area contributed by atoms with Gasteiger partial charge in [-0.1, -0.05) is 60.7 Å². The fourth-order valence-electron chi connectivity index (χ4n) is 2.96. The summed E-state index contributed by atoms with van der Waals surface area (Å²) in [6.07, 6.45) is -1.27. The number of β-amino-alcohol motifs (C(OH)–C–C–N with tert-alkyl or cyclic N) is 1. The summed E-state index contributed by atoms with van der Waals surface area (Å²) in [5, 5.41) is 21.2. The second-order valence-electron chi connectivity index (χ2n) is 6.04. The zero-order valence-corrected chi connectivity index (χ0v) is 13.3. The van der Waals surface area contributed by atoms with Gasteiger partial charge < -0.3 is 19.8 Å². The lowest BCUT2D eigenvalue weighted by Crippen LogP contribution is -2.55. The number of hydrogen-bond donors (Lipinski definition) is 2. The summed E-state index contributed by atoms with van der Waals surface area (Å²) in [7, 11) is 0. The summed E-state index contributed by atoms with van der Waals surface area (Å²) in [6.45, 7) is 0.560. The average molecular weight is 327 g/mol. The highest BCUT2D eigenvalue weighted by atomic mass is 16.6. The van der Waals surface area contributed by atoms with Crippen molar-refractivity contribution in [1.29, 1.82) is 0 Å². The molecule has 2 aromatic rings. The molecule has 1 aliphatic heterocycles. The van der Waals surface area contributed by atoms with Gasteiger partial charge in [-0.25, -0.2) is 4.79 Å². The van der Waals surface area contributed by atoms with Gasteiger partial charge in [0.25, 0.3) is 0 Å². The monoisotopic (exact) mass is 327 g/mol. The molecule has 5 nitrogen and oxygen atoms in total. The fourth-order valence-corrected chi connectivity index (χ4v) is 2.96. The number of piperidine rings is 1. The van der Waals surface area contributed by atoms with E-state index in [1.165, 1.54) is 4.90 Å². The Kier molecular flexibility index (Phi) is 4.83. The molecule has 5 heteroatoms. The van der Waals surface area contributed by atoms with E-state index in [9.17, 15) is 15.0 Å². The molecule has 0 unspecified atom stereocenters. The van der Waals surface area contributed by atoms with Gasteiger partial charge in [0.05, 0.1) is 6.54 Å². The molecule has 0 spiro atoms. The molecule has 0 bridgehead atoms. The van der Waals surface area contributed by atoms with E-state index in [1.807, 2.05) is 48.5 Å². The second-order valence-corrected chi connectivity index (χ2v) is 6.04. The first-order chi connectivity index (χ1) is 11.6. The molecule has 1 aliphatic rings. The van der Waals surface area contributed by atoms with Gasteiger partial charge in [-0.05, 0) is 11.1 Å². The topological polar surface area (TPSA) is 70.0 Å². The van der Waals surface area contributed by atoms with E-state index in [-0.39, 0.29) is 19.6 Å². The van der Waals surface area contributed by atoms with Crippen molar-refractivity contribution in [3.8, 4) is 0 Å². The van der Waals surface area contributed by atoms with Crippen LogP contribution in [0.5, 0.6) is 0 Å². The molecular formula is C19H21NO4. The first-order valence-corrected chi connectivity index (χ1v) is 8.01. The van der Waals surface area contributed by atoms with Crippen LogP contribution in [0.2, 0.25) is 0 Å². The highest BCUT2D eigenvalue weighted by molar-refractivity contribution is 5.68. The molecule has 1 heterocycles. The van der Waals surface area contributed by atoms with E-state index in [2.05, 4.69) is 0 Å². The summed E-state index contributed by atoms with van der Waals surface area (Å²) in [4.78, 5) is 13.6. The quantitative estimate of drug-likeness (QED) is 0.907. The first kappa shape index (κ1) is 16.5. The van der Waals surface area contributed by atoms with Crippen molar-refractivity contribution in [2.45, 2.75) is 24.7 Å². The summed E-state index contributed by atoms with van der Waals surface area (Å²) in [5.74, 6) is 0. The number of amides is 1. The lowest BCUT2D eigenvalue weighted by atomic mass is 9.82. The number of nitrogens with zero attached hydrogens (tertiary/aromatic N) is 1. The molecule has 0 radical (unpaired) electrons. The van der Waals surface area contributed by atoms with E-state index in [0.29, 0.717) is 12.1 Å². The van der Waals surface area contributed by atoms with Crippen LogP contribution >= 0.6 is 0 Å². The molecule has 126 valence electrons. The average Bonchev–Trinajstić information content (AvgIpc) is 2.63. The molecule has 2 atom stereocenters. The van der Waals surface area contributed by atoms with Crippen LogP contribution in [0, 0.1) is 0 Å². The van der Waals surface area contributed by atoms with Crippen LogP contribution < -0.4 is 0 Å². The fraction of sp³-hybridized carbons (Fsp3) is 0.316. The van der Waals surface area contributed by atoms with E-state index in [4.69, 9.17) is 4.74 Å². The third-order valence-electron chi connectivity index (χ3n) is 4.44. The van der Waals surface area contributed by atoms with Gasteiger partial charge in [0, 0.05) is 13.0 Å². The smallest absolute Gasteiger partial charge is 0.410 e. The van der Waals surface area contributed by atoms with Crippen molar-refractivity contribution >= 4 is 6.09 Å². The number of carbonyl (C=O) groups excluding carboxylic acids is 1. The third-order valence-corrected chi connectivity index (χ3v) is 4.44. The van der Waals surface area contributed by atoms with Crippen LogP contribution in [0.4, 0.5) is 4.79 Å². The zero-order valence-electron chi connectivity index (χ0n) is 13.3. The lowest BCUT2D eigenvalue weighted by Gasteiger charge is -2.41. The van der Waals surface area contributed by atoms with Gasteiger partial charge in [0.2, 0.25) is 0 Å². The number of ether oxygens (including phenoxy) is 1. The Morgan fingerprint density at radius 1 is 1.12 bits per heavy atom. The minimum absolute atomic E-state index is 0.0407. The van der Waals surface area contributed by atoms with Crippen LogP contribution in [-0.4, -0.2) is 40.4 Å². The molecule has 1 fully saturated rings. The first-order valence-electron chi connectivity index (χ1n) is 8.01. The Morgan fingerprint density at radius 3 is 2.38 bits per heavy atom. The molecule has 1 saturated heterocycles. The summed E-state index contributed by atoms with van der Waals surface area (Å²) < 4.78 is 5.28. The molecule has 24 heavy (non-hydrogen) atoms. The van der Waals surface area contributed by atoms with Gasteiger partial charge in [0.1, 0.15) is 18.3 Å². The van der Waals surface area contributed by atoms with Crippen molar-refractivity contribution < 1.29 is 19.7 Å². The zero-order chi connectivity index (χ0) is 17.0. The Morgan fingerprint density at radius 2 is 1.75 bits per heavy atom. The third kappa shape index (κ3) is 3.42. The lowest BCUT2D eigenvalue weighted by molar-refractivity contribution is -0.120. The molecule has 1 amide bonds. The molecule has 0 aromatic heterocycles. The Balaban J connectivity index is 1.60. The molecule has 3 rings (SSSR count). The van der Waals surface area contributed by atoms with Crippen molar-refractivity contribution in [3.05, 3.63) is 71.8 Å². The van der Waals surface area contributed by atoms with Gasteiger partial charge in [-0.15, -0.1) is 0 Å². The Hall–Kier alpha value is -2.37. The van der Waals surface area contributed by atoms with E-state index in [0.717, 1.165) is 5.56 Å². The SMILES string of the molecule is O=C(OCc1ccccc1)N1CC[C@@](O)(c2ccccc2)[C@H](O)C1. The predicted molar refractivity (Wildman–Crippen MR) is 89.2 cm³/mol. The normalized spacial score (nSPS) is 23.8. The predicted octanol–water partition coefficient (Wildman–Crippen LogP) is 2.28. The Bertz CT molecular complexity index is 676. The van der Waals surface area contributed by atoms with Gasteiger partial charge in [-0.2, -0.15) is 0 Å². The number of aliphatic hydroxyl groups is 2. The number of carbonyl (C=O) groups is 1. The van der Waals surface area contributed by atoms with Crippen molar-refractivity contribution in [2.75, 3.05) is 13.1 Å². The second kappa shape index (κ2) is 7.03. The number of hydrogen-bond acceptors (Lipinski definition) is 4. The van der Waals surface area contributed by atoms with Crippen LogP contribution in [0.3, 0.4) is 0 Å². The molecule has 2 aromatic carbocycles. The van der Waals surface area contributed by atoms with Gasteiger partial charge >= 0.3 is 6.09 Å². The maximum atomic E-state index is 12.2. The van der Waals surface area contributed by atoms with Crippen molar-refractivity contribution in [2.24, 2.45) is 0 Å². The maximum Gasteiger partial charge on any atom is 0.410 e. The summed E-state index contributed by atoms with van der Waals surface area (Å²) in [5.41, 5.74) is 0.233. The molecular weight excluding hydrogens is 306 g/mol. The number of aliphatic hydroxyl groups excluding tert-OH is 1. The standard InChI is InChI=1S/C19H21NO4/c21-17-13-20(18(22)24-14-15-7-3-1-4-8-15)12-11-19(17,23)16-9-5-2-6-10-16/h1-10,17,21,23H,11-14H2/t17-,19-/m1/s1. The summed E-state index contributed by atoms with van der Waals surface area (Å²) in [6, 6.07) is 18.5. The van der Waals surface area contributed by atoms with Crippen LogP contribution in [0.1, 0.15) is 17.5 Å². The number of likely N-dealkylation sites (tertiary alicyclic amines) is 1. The molecule has 0 saturated carbocycles. The van der Waals surface area contributed by atoms with E-state index >= 15 is 0 Å². The minimum atomic E-state index is -1.34. The van der Waals surface area contributed by atoms with Gasteiger partial charge in [0.15, 0.2) is 0 Å². The number of benzene rings is 2. The van der Waals surface area contributed by atoms with Crippen LogP contribution in [0.25, 0.3) is 0 Å². The highest BCUT2D eigenvalue weighted by Crippen LogP contribution is 2.33. The van der Waals surface area contributed by atoms with E-state index < -0.39 is 17.8 Å². The van der Waals surface area contributed by atoms with Crippen molar-refractivity contribution in [3.63, 3.8) is 0 Å². The molecule has 0 aliphatic carbocycles. The maximum absolute atomic E-state index is 12.2. The van der Waals surface area contributed by atoms with Crippen LogP contribution in [0.15, 0.2) is 60.7 Å². The summed E-state index contributed by atoms with van der Waals surface area (Å²) >= 11 is 0. The Labute approximate surface area is 141 Å².